The molecule has 0 saturated carbocycles. The highest BCUT2D eigenvalue weighted by atomic mass is 32.2. The normalized spacial score (nSPS) is 16.5. The molecule has 2 aromatic carbocycles. The maximum Gasteiger partial charge on any atom is 0.271 e. The zero-order chi connectivity index (χ0) is 22.1. The molecule has 1 unspecified atom stereocenters. The van der Waals surface area contributed by atoms with Crippen molar-refractivity contribution in [2.45, 2.75) is 17.4 Å². The molecule has 158 valence electrons. The first-order valence-corrected chi connectivity index (χ1v) is 10.3. The van der Waals surface area contributed by atoms with E-state index in [1.54, 1.807) is 0 Å². The highest BCUT2D eigenvalue weighted by Gasteiger charge is 2.35. The number of amides is 2. The number of halogens is 1. The van der Waals surface area contributed by atoms with E-state index in [1.165, 1.54) is 67.6 Å². The third-order valence-corrected chi connectivity index (χ3v) is 6.31. The van der Waals surface area contributed by atoms with Gasteiger partial charge in [0.05, 0.1) is 10.6 Å². The van der Waals surface area contributed by atoms with Crippen LogP contribution in [0.15, 0.2) is 58.5 Å². The molecule has 1 heterocycles. The number of nitrogens with zero attached hydrogens (tertiary/aromatic N) is 3. The van der Waals surface area contributed by atoms with Crippen LogP contribution < -0.4 is 16.1 Å². The van der Waals surface area contributed by atoms with E-state index in [0.29, 0.717) is 11.4 Å². The molecular weight excluding hydrogens is 413 g/mol. The highest BCUT2D eigenvalue weighted by Crippen LogP contribution is 2.25. The number of anilines is 2. The maximum absolute atomic E-state index is 13.2. The van der Waals surface area contributed by atoms with Crippen molar-refractivity contribution in [3.63, 3.8) is 0 Å². The van der Waals surface area contributed by atoms with Crippen LogP contribution in [0.5, 0.6) is 0 Å². The van der Waals surface area contributed by atoms with Gasteiger partial charge in [-0.2, -0.15) is 5.10 Å². The molecule has 11 heteroatoms. The fraction of sp³-hybridized carbons (Fsp3) is 0.211. The van der Waals surface area contributed by atoms with Gasteiger partial charge in [-0.05, 0) is 48.5 Å². The van der Waals surface area contributed by atoms with Crippen LogP contribution in [-0.2, 0) is 19.6 Å². The summed E-state index contributed by atoms with van der Waals surface area (Å²) in [6, 6.07) is 10.0. The van der Waals surface area contributed by atoms with Crippen molar-refractivity contribution in [3.05, 3.63) is 54.3 Å². The molecule has 2 amide bonds. The number of hydrazone groups is 1. The lowest BCUT2D eigenvalue weighted by Gasteiger charge is -2.20. The molecular formula is C19H20FN5O4S. The third-order valence-electron chi connectivity index (χ3n) is 4.48. The Kier molecular flexibility index (Phi) is 5.85. The molecule has 3 N–H and O–H groups in total. The summed E-state index contributed by atoms with van der Waals surface area (Å²) in [4.78, 5) is 24.5. The summed E-state index contributed by atoms with van der Waals surface area (Å²) in [5.74, 6) is -1.69. The van der Waals surface area contributed by atoms with Crippen LogP contribution in [-0.4, -0.2) is 50.4 Å². The molecule has 3 rings (SSSR count). The Labute approximate surface area is 173 Å². The number of sulfonamides is 1. The van der Waals surface area contributed by atoms with Gasteiger partial charge in [0.15, 0.2) is 0 Å². The van der Waals surface area contributed by atoms with Crippen LogP contribution >= 0.6 is 0 Å². The van der Waals surface area contributed by atoms with Crippen LogP contribution in [0.4, 0.5) is 15.8 Å². The standard InChI is InChI=1S/C19H20FN5O4S/c1-24(2)30(28,29)15-9-5-13(6-10-15)22-19(27)16-11-17(18(21)26)25(23-16)14-7-3-12(20)4-8-14/h3-10,17H,11H2,1-2H3,(H2,21,26)(H,22,27). The van der Waals surface area contributed by atoms with Crippen molar-refractivity contribution in [1.82, 2.24) is 4.31 Å². The first kappa shape index (κ1) is 21.4. The lowest BCUT2D eigenvalue weighted by molar-refractivity contribution is -0.119. The van der Waals surface area contributed by atoms with Gasteiger partial charge in [0.25, 0.3) is 5.91 Å². The minimum atomic E-state index is -3.58. The van der Waals surface area contributed by atoms with Crippen molar-refractivity contribution in [3.8, 4) is 0 Å². The lowest BCUT2D eigenvalue weighted by Crippen LogP contribution is -2.39. The van der Waals surface area contributed by atoms with Gasteiger partial charge in [0.1, 0.15) is 17.6 Å². The quantitative estimate of drug-likeness (QED) is 0.707. The highest BCUT2D eigenvalue weighted by molar-refractivity contribution is 7.89. The number of carbonyl (C=O) groups excluding carboxylic acids is 2. The number of carbonyl (C=O) groups is 2. The smallest absolute Gasteiger partial charge is 0.271 e. The van der Waals surface area contributed by atoms with Crippen LogP contribution in [0.1, 0.15) is 6.42 Å². The van der Waals surface area contributed by atoms with Gasteiger partial charge < -0.3 is 11.1 Å². The molecule has 9 nitrogen and oxygen atoms in total. The molecule has 1 atom stereocenters. The molecule has 0 aliphatic carbocycles. The summed E-state index contributed by atoms with van der Waals surface area (Å²) >= 11 is 0. The van der Waals surface area contributed by atoms with E-state index in [0.717, 1.165) is 4.31 Å². The van der Waals surface area contributed by atoms with Crippen molar-refractivity contribution >= 4 is 38.9 Å². The van der Waals surface area contributed by atoms with Gasteiger partial charge in [-0.1, -0.05) is 0 Å². The molecule has 1 aliphatic rings. The molecule has 0 fully saturated rings. The summed E-state index contributed by atoms with van der Waals surface area (Å²) in [5.41, 5.74) is 6.27. The molecule has 1 aliphatic heterocycles. The van der Waals surface area contributed by atoms with Crippen molar-refractivity contribution in [2.24, 2.45) is 10.8 Å². The van der Waals surface area contributed by atoms with Crippen LogP contribution in [0, 0.1) is 5.82 Å². The number of benzene rings is 2. The van der Waals surface area contributed by atoms with Crippen molar-refractivity contribution < 1.29 is 22.4 Å². The van der Waals surface area contributed by atoms with E-state index < -0.39 is 33.7 Å². The van der Waals surface area contributed by atoms with Gasteiger partial charge in [-0.3, -0.25) is 14.6 Å². The first-order chi connectivity index (χ1) is 14.1. The number of rotatable bonds is 6. The van der Waals surface area contributed by atoms with Crippen molar-refractivity contribution in [1.29, 1.82) is 0 Å². The van der Waals surface area contributed by atoms with Crippen LogP contribution in [0.25, 0.3) is 0 Å². The van der Waals surface area contributed by atoms with E-state index >= 15 is 0 Å². The molecule has 2 aromatic rings. The molecule has 30 heavy (non-hydrogen) atoms. The summed E-state index contributed by atoms with van der Waals surface area (Å²) in [7, 11) is -0.740. The lowest BCUT2D eigenvalue weighted by atomic mass is 10.1. The van der Waals surface area contributed by atoms with Gasteiger partial charge in [0, 0.05) is 26.2 Å². The minimum Gasteiger partial charge on any atom is -0.368 e. The third kappa shape index (κ3) is 4.31. The number of primary amides is 1. The van der Waals surface area contributed by atoms with E-state index in [-0.39, 0.29) is 17.0 Å². The first-order valence-electron chi connectivity index (χ1n) is 8.85. The average molecular weight is 433 g/mol. The van der Waals surface area contributed by atoms with Gasteiger partial charge in [-0.15, -0.1) is 0 Å². The Hall–Kier alpha value is -3.31. The van der Waals surface area contributed by atoms with E-state index in [2.05, 4.69) is 10.4 Å². The molecule has 0 radical (unpaired) electrons. The summed E-state index contributed by atoms with van der Waals surface area (Å²) in [5, 5.41) is 8.08. The number of hydrogen-bond donors (Lipinski definition) is 2. The second-order valence-electron chi connectivity index (χ2n) is 6.76. The van der Waals surface area contributed by atoms with Gasteiger partial charge in [0.2, 0.25) is 15.9 Å². The summed E-state index contributed by atoms with van der Waals surface area (Å²) in [6.45, 7) is 0. The van der Waals surface area contributed by atoms with Gasteiger partial charge >= 0.3 is 0 Å². The fourth-order valence-electron chi connectivity index (χ4n) is 2.83. The summed E-state index contributed by atoms with van der Waals surface area (Å²) < 4.78 is 38.5. The second-order valence-corrected chi connectivity index (χ2v) is 8.91. The van der Waals surface area contributed by atoms with Crippen LogP contribution in [0.2, 0.25) is 0 Å². The predicted octanol–water partition coefficient (Wildman–Crippen LogP) is 1.13. The second kappa shape index (κ2) is 8.20. The average Bonchev–Trinajstić information content (AvgIpc) is 3.15. The molecule has 0 spiro atoms. The maximum atomic E-state index is 13.2. The summed E-state index contributed by atoms with van der Waals surface area (Å²) in [6.07, 6.45) is -0.0222. The topological polar surface area (TPSA) is 125 Å². The van der Waals surface area contributed by atoms with E-state index in [4.69, 9.17) is 5.73 Å². The van der Waals surface area contributed by atoms with E-state index in [9.17, 15) is 22.4 Å². The molecule has 0 saturated heterocycles. The largest absolute Gasteiger partial charge is 0.368 e. The minimum absolute atomic E-state index is 0.0222. The Balaban J connectivity index is 1.78. The van der Waals surface area contributed by atoms with E-state index in [1.807, 2.05) is 0 Å². The zero-order valence-corrected chi connectivity index (χ0v) is 17.1. The number of nitrogens with two attached hydrogens (primary N) is 1. The Morgan fingerprint density at radius 1 is 1.13 bits per heavy atom. The zero-order valence-electron chi connectivity index (χ0n) is 16.2. The fourth-order valence-corrected chi connectivity index (χ4v) is 3.73. The predicted molar refractivity (Wildman–Crippen MR) is 110 cm³/mol. The Bertz CT molecular complexity index is 1100. The van der Waals surface area contributed by atoms with Crippen molar-refractivity contribution in [2.75, 3.05) is 24.4 Å². The SMILES string of the molecule is CN(C)S(=O)(=O)c1ccc(NC(=O)C2=NN(c3ccc(F)cc3)C(C(N)=O)C2)cc1. The Morgan fingerprint density at radius 3 is 2.27 bits per heavy atom. The van der Waals surface area contributed by atoms with Gasteiger partial charge in [-0.25, -0.2) is 17.1 Å². The molecule has 0 bridgehead atoms. The van der Waals surface area contributed by atoms with Crippen LogP contribution in [0.3, 0.4) is 0 Å². The number of hydrogen-bond acceptors (Lipinski definition) is 6. The monoisotopic (exact) mass is 433 g/mol. The number of nitrogens with one attached hydrogen (secondary N) is 1. The Morgan fingerprint density at radius 2 is 1.73 bits per heavy atom. The molecule has 0 aromatic heterocycles.